The average Bonchev–Trinajstić information content (AvgIpc) is 3.08. The van der Waals surface area contributed by atoms with Crippen molar-refractivity contribution in [2.75, 3.05) is 24.6 Å². The predicted octanol–water partition coefficient (Wildman–Crippen LogP) is 3.67. The second-order valence-corrected chi connectivity index (χ2v) is 6.52. The normalized spacial score (nSPS) is 13.7. The number of rotatable bonds is 7. The molecule has 136 valence electrons. The van der Waals surface area contributed by atoms with Crippen LogP contribution in [0.25, 0.3) is 0 Å². The van der Waals surface area contributed by atoms with E-state index in [1.807, 2.05) is 30.3 Å². The number of amides is 2. The summed E-state index contributed by atoms with van der Waals surface area (Å²) in [5, 5.41) is 3.39. The van der Waals surface area contributed by atoms with Gasteiger partial charge in [0.25, 0.3) is 5.91 Å². The van der Waals surface area contributed by atoms with E-state index < -0.39 is 0 Å². The Bertz CT molecular complexity index is 780. The van der Waals surface area contributed by atoms with E-state index >= 15 is 0 Å². The Morgan fingerprint density at radius 1 is 1.19 bits per heavy atom. The maximum Gasteiger partial charge on any atom is 0.253 e. The lowest BCUT2D eigenvalue weighted by molar-refractivity contribution is -0.117. The number of nitrogens with zero attached hydrogens (tertiary/aromatic N) is 1. The zero-order valence-corrected chi connectivity index (χ0v) is 15.2. The minimum atomic E-state index is -0.212. The molecule has 0 saturated carbocycles. The maximum atomic E-state index is 12.5. The fraction of sp³-hybridized carbons (Fsp3) is 0.300. The summed E-state index contributed by atoms with van der Waals surface area (Å²) in [6, 6.07) is 14.6. The standard InChI is InChI=1S/C20H21ClN2O3/c21-15-9-10-17(18(14-15)23-12-4-8-19(23)24)20(25)22-11-5-13-26-16-6-2-1-3-7-16/h1-3,6-7,9-10,14H,4-5,8,11-13H2,(H,22,25). The lowest BCUT2D eigenvalue weighted by Gasteiger charge is -2.19. The van der Waals surface area contributed by atoms with Crippen LogP contribution in [0.1, 0.15) is 29.6 Å². The molecule has 2 aromatic rings. The lowest BCUT2D eigenvalue weighted by Crippen LogP contribution is -2.30. The number of para-hydroxylation sites is 1. The summed E-state index contributed by atoms with van der Waals surface area (Å²) >= 11 is 6.07. The van der Waals surface area contributed by atoms with Crippen molar-refractivity contribution in [1.82, 2.24) is 5.32 Å². The van der Waals surface area contributed by atoms with Crippen molar-refractivity contribution in [2.45, 2.75) is 19.3 Å². The van der Waals surface area contributed by atoms with E-state index in [2.05, 4.69) is 5.32 Å². The van der Waals surface area contributed by atoms with E-state index in [1.54, 1.807) is 23.1 Å². The molecule has 3 rings (SSSR count). The third-order valence-electron chi connectivity index (χ3n) is 4.19. The molecule has 0 unspecified atom stereocenters. The van der Waals surface area contributed by atoms with Gasteiger partial charge in [0.15, 0.2) is 0 Å². The largest absolute Gasteiger partial charge is 0.494 e. The van der Waals surface area contributed by atoms with Crippen LogP contribution in [0.3, 0.4) is 0 Å². The van der Waals surface area contributed by atoms with E-state index in [0.29, 0.717) is 48.8 Å². The molecule has 1 aliphatic heterocycles. The monoisotopic (exact) mass is 372 g/mol. The molecule has 26 heavy (non-hydrogen) atoms. The first-order valence-electron chi connectivity index (χ1n) is 8.71. The van der Waals surface area contributed by atoms with Gasteiger partial charge in [-0.2, -0.15) is 0 Å². The number of hydrogen-bond acceptors (Lipinski definition) is 3. The molecule has 6 heteroatoms. The number of benzene rings is 2. The van der Waals surface area contributed by atoms with Crippen LogP contribution in [0.4, 0.5) is 5.69 Å². The second kappa shape index (κ2) is 8.72. The number of anilines is 1. The zero-order chi connectivity index (χ0) is 18.4. The van der Waals surface area contributed by atoms with Gasteiger partial charge in [-0.1, -0.05) is 29.8 Å². The summed E-state index contributed by atoms with van der Waals surface area (Å²) in [5.74, 6) is 0.625. The third-order valence-corrected chi connectivity index (χ3v) is 4.42. The smallest absolute Gasteiger partial charge is 0.253 e. The molecule has 0 radical (unpaired) electrons. The number of carbonyl (C=O) groups excluding carboxylic acids is 2. The second-order valence-electron chi connectivity index (χ2n) is 6.08. The van der Waals surface area contributed by atoms with Crippen LogP contribution >= 0.6 is 11.6 Å². The van der Waals surface area contributed by atoms with Crippen LogP contribution in [0.5, 0.6) is 5.75 Å². The Morgan fingerprint density at radius 3 is 2.73 bits per heavy atom. The van der Waals surface area contributed by atoms with Crippen LogP contribution in [0, 0.1) is 0 Å². The molecule has 0 atom stereocenters. The van der Waals surface area contributed by atoms with Gasteiger partial charge in [-0.05, 0) is 43.2 Å². The van der Waals surface area contributed by atoms with Gasteiger partial charge in [0, 0.05) is 24.5 Å². The van der Waals surface area contributed by atoms with E-state index in [4.69, 9.17) is 16.3 Å². The van der Waals surface area contributed by atoms with Crippen LogP contribution < -0.4 is 15.0 Å². The quantitative estimate of drug-likeness (QED) is 0.754. The highest BCUT2D eigenvalue weighted by molar-refractivity contribution is 6.31. The van der Waals surface area contributed by atoms with Crippen molar-refractivity contribution in [3.8, 4) is 5.75 Å². The first-order chi connectivity index (χ1) is 12.6. The summed E-state index contributed by atoms with van der Waals surface area (Å²) in [5.41, 5.74) is 1.05. The summed E-state index contributed by atoms with van der Waals surface area (Å²) < 4.78 is 5.61. The number of carbonyl (C=O) groups is 2. The van der Waals surface area contributed by atoms with Gasteiger partial charge in [0.1, 0.15) is 5.75 Å². The molecule has 1 saturated heterocycles. The van der Waals surface area contributed by atoms with Gasteiger partial charge >= 0.3 is 0 Å². The van der Waals surface area contributed by atoms with Crippen molar-refractivity contribution in [3.63, 3.8) is 0 Å². The topological polar surface area (TPSA) is 58.6 Å². The molecule has 2 aromatic carbocycles. The fourth-order valence-corrected chi connectivity index (χ4v) is 3.07. The maximum absolute atomic E-state index is 12.5. The van der Waals surface area contributed by atoms with Crippen molar-refractivity contribution in [1.29, 1.82) is 0 Å². The molecular weight excluding hydrogens is 352 g/mol. The van der Waals surface area contributed by atoms with E-state index in [9.17, 15) is 9.59 Å². The highest BCUT2D eigenvalue weighted by atomic mass is 35.5. The molecule has 1 aliphatic rings. The van der Waals surface area contributed by atoms with Crippen LogP contribution in [0.2, 0.25) is 5.02 Å². The Balaban J connectivity index is 1.55. The van der Waals surface area contributed by atoms with Gasteiger partial charge in [0.05, 0.1) is 17.9 Å². The molecule has 1 fully saturated rings. The average molecular weight is 373 g/mol. The van der Waals surface area contributed by atoms with E-state index in [-0.39, 0.29) is 11.8 Å². The first-order valence-corrected chi connectivity index (χ1v) is 9.09. The highest BCUT2D eigenvalue weighted by Crippen LogP contribution is 2.28. The van der Waals surface area contributed by atoms with Crippen molar-refractivity contribution in [2.24, 2.45) is 0 Å². The van der Waals surface area contributed by atoms with Crippen LogP contribution in [-0.2, 0) is 4.79 Å². The summed E-state index contributed by atoms with van der Waals surface area (Å²) in [4.78, 5) is 26.2. The molecule has 1 N–H and O–H groups in total. The van der Waals surface area contributed by atoms with Crippen molar-refractivity contribution < 1.29 is 14.3 Å². The number of ether oxygens (including phenoxy) is 1. The van der Waals surface area contributed by atoms with Crippen LogP contribution in [0.15, 0.2) is 48.5 Å². The molecular formula is C20H21ClN2O3. The minimum absolute atomic E-state index is 0.0255. The van der Waals surface area contributed by atoms with Crippen molar-refractivity contribution >= 4 is 29.1 Å². The molecule has 1 heterocycles. The Morgan fingerprint density at radius 2 is 2.00 bits per heavy atom. The van der Waals surface area contributed by atoms with Gasteiger partial charge in [0.2, 0.25) is 5.91 Å². The van der Waals surface area contributed by atoms with Gasteiger partial charge in [-0.15, -0.1) is 0 Å². The number of halogens is 1. The fourth-order valence-electron chi connectivity index (χ4n) is 2.90. The summed E-state index contributed by atoms with van der Waals surface area (Å²) in [7, 11) is 0. The third kappa shape index (κ3) is 4.55. The lowest BCUT2D eigenvalue weighted by atomic mass is 10.1. The minimum Gasteiger partial charge on any atom is -0.494 e. The Kier molecular flexibility index (Phi) is 6.12. The van der Waals surface area contributed by atoms with Crippen molar-refractivity contribution in [3.05, 3.63) is 59.1 Å². The molecule has 0 aliphatic carbocycles. The number of nitrogens with one attached hydrogen (secondary N) is 1. The summed E-state index contributed by atoms with van der Waals surface area (Å²) in [6.07, 6.45) is 1.99. The van der Waals surface area contributed by atoms with Gasteiger partial charge in [-0.3, -0.25) is 9.59 Å². The SMILES string of the molecule is O=C(NCCCOc1ccccc1)c1ccc(Cl)cc1N1CCCC1=O. The number of hydrogen-bond donors (Lipinski definition) is 1. The van der Waals surface area contributed by atoms with Gasteiger partial charge in [-0.25, -0.2) is 0 Å². The summed E-state index contributed by atoms with van der Waals surface area (Å²) in [6.45, 7) is 1.62. The Labute approximate surface area is 157 Å². The van der Waals surface area contributed by atoms with E-state index in [1.165, 1.54) is 0 Å². The molecule has 5 nitrogen and oxygen atoms in total. The predicted molar refractivity (Wildman–Crippen MR) is 102 cm³/mol. The van der Waals surface area contributed by atoms with Crippen LogP contribution in [-0.4, -0.2) is 31.5 Å². The highest BCUT2D eigenvalue weighted by Gasteiger charge is 2.26. The zero-order valence-electron chi connectivity index (χ0n) is 14.4. The molecule has 0 spiro atoms. The molecule has 0 aromatic heterocycles. The van der Waals surface area contributed by atoms with E-state index in [0.717, 1.165) is 12.2 Å². The molecule has 2 amide bonds. The van der Waals surface area contributed by atoms with Gasteiger partial charge < -0.3 is 15.0 Å². The Hall–Kier alpha value is -2.53. The molecule has 0 bridgehead atoms. The first kappa shape index (κ1) is 18.3.